The van der Waals surface area contributed by atoms with Crippen molar-refractivity contribution in [3.05, 3.63) is 89.7 Å². The van der Waals surface area contributed by atoms with Crippen LogP contribution in [0.3, 0.4) is 0 Å². The Bertz CT molecular complexity index is 1260. The Morgan fingerprint density at radius 1 is 1.00 bits per heavy atom. The molecule has 2 heterocycles. The molecule has 1 aliphatic heterocycles. The standard InChI is InChI=1S/C27H31F3N4O2S/c1-33(20-22-5-3-2-4-6-22)37(35,36)26-19-23(27(28,29)30)7-8-25(26)32-24-12-17-34(18-13-24)16-11-21-9-14-31-15-10-21/h2-10,14-15,19,24,32H,11-13,16-18,20H2,1H3. The molecule has 1 aromatic heterocycles. The predicted molar refractivity (Wildman–Crippen MR) is 138 cm³/mol. The van der Waals surface area contributed by atoms with Crippen LogP contribution in [0.1, 0.15) is 29.5 Å². The third kappa shape index (κ3) is 7.09. The quantitative estimate of drug-likeness (QED) is 0.418. The molecule has 6 nitrogen and oxygen atoms in total. The molecule has 0 unspecified atom stereocenters. The van der Waals surface area contributed by atoms with Crippen molar-refractivity contribution < 1.29 is 21.6 Å². The maximum atomic E-state index is 13.5. The first-order valence-corrected chi connectivity index (χ1v) is 13.7. The molecule has 4 rings (SSSR count). The van der Waals surface area contributed by atoms with E-state index in [-0.39, 0.29) is 23.2 Å². The van der Waals surface area contributed by atoms with E-state index < -0.39 is 21.8 Å². The molecule has 198 valence electrons. The lowest BCUT2D eigenvalue weighted by Crippen LogP contribution is -2.40. The fourth-order valence-corrected chi connectivity index (χ4v) is 5.82. The summed E-state index contributed by atoms with van der Waals surface area (Å²) in [6, 6.07) is 15.8. The number of hydrogen-bond donors (Lipinski definition) is 1. The number of sulfonamides is 1. The van der Waals surface area contributed by atoms with Gasteiger partial charge in [0.25, 0.3) is 0 Å². The SMILES string of the molecule is CN(Cc1ccccc1)S(=O)(=O)c1cc(C(F)(F)F)ccc1NC1CCN(CCc2ccncc2)CC1. The number of hydrogen-bond acceptors (Lipinski definition) is 5. The molecule has 0 amide bonds. The number of piperidine rings is 1. The highest BCUT2D eigenvalue weighted by Gasteiger charge is 2.34. The Hall–Kier alpha value is -2.95. The zero-order valence-corrected chi connectivity index (χ0v) is 21.5. The molecule has 0 spiro atoms. The number of benzene rings is 2. The number of anilines is 1. The second kappa shape index (κ2) is 11.6. The van der Waals surface area contributed by atoms with Gasteiger partial charge in [-0.2, -0.15) is 17.5 Å². The van der Waals surface area contributed by atoms with Crippen molar-refractivity contribution in [1.29, 1.82) is 0 Å². The van der Waals surface area contributed by atoms with Crippen molar-refractivity contribution in [3.8, 4) is 0 Å². The number of nitrogens with one attached hydrogen (secondary N) is 1. The van der Waals surface area contributed by atoms with Crippen LogP contribution in [0.15, 0.2) is 78.0 Å². The van der Waals surface area contributed by atoms with Crippen LogP contribution in [-0.2, 0) is 29.2 Å². The van der Waals surface area contributed by atoms with Gasteiger partial charge >= 0.3 is 6.18 Å². The second-order valence-electron chi connectivity index (χ2n) is 9.32. The molecule has 1 saturated heterocycles. The van der Waals surface area contributed by atoms with Gasteiger partial charge in [0.05, 0.1) is 11.3 Å². The number of nitrogens with zero attached hydrogens (tertiary/aromatic N) is 3. The molecule has 3 aromatic rings. The third-order valence-electron chi connectivity index (χ3n) is 6.66. The Morgan fingerprint density at radius 3 is 2.32 bits per heavy atom. The van der Waals surface area contributed by atoms with Crippen LogP contribution < -0.4 is 5.32 Å². The zero-order valence-electron chi connectivity index (χ0n) is 20.7. The van der Waals surface area contributed by atoms with Gasteiger partial charge in [-0.1, -0.05) is 30.3 Å². The monoisotopic (exact) mass is 532 g/mol. The summed E-state index contributed by atoms with van der Waals surface area (Å²) in [4.78, 5) is 6.02. The molecule has 10 heteroatoms. The summed E-state index contributed by atoms with van der Waals surface area (Å²) in [7, 11) is -2.81. The molecule has 0 atom stereocenters. The van der Waals surface area contributed by atoms with Gasteiger partial charge in [0.2, 0.25) is 10.0 Å². The van der Waals surface area contributed by atoms with E-state index in [4.69, 9.17) is 0 Å². The second-order valence-corrected chi connectivity index (χ2v) is 11.3. The van der Waals surface area contributed by atoms with Crippen LogP contribution in [0.25, 0.3) is 0 Å². The maximum Gasteiger partial charge on any atom is 0.416 e. The smallest absolute Gasteiger partial charge is 0.381 e. The van der Waals surface area contributed by atoms with E-state index in [9.17, 15) is 21.6 Å². The molecular formula is C27H31F3N4O2S. The summed E-state index contributed by atoms with van der Waals surface area (Å²) in [5, 5.41) is 3.24. The summed E-state index contributed by atoms with van der Waals surface area (Å²) in [5.74, 6) is 0. The van der Waals surface area contributed by atoms with Gasteiger partial charge in [-0.05, 0) is 60.7 Å². The predicted octanol–water partition coefficient (Wildman–Crippen LogP) is 5.04. The van der Waals surface area contributed by atoms with Crippen LogP contribution in [0.5, 0.6) is 0 Å². The Balaban J connectivity index is 1.47. The normalized spacial score (nSPS) is 15.7. The van der Waals surface area contributed by atoms with Gasteiger partial charge in [-0.15, -0.1) is 0 Å². The number of aromatic nitrogens is 1. The van der Waals surface area contributed by atoms with E-state index in [1.165, 1.54) is 18.7 Å². The van der Waals surface area contributed by atoms with Gasteiger partial charge < -0.3 is 10.2 Å². The molecule has 37 heavy (non-hydrogen) atoms. The van der Waals surface area contributed by atoms with Gasteiger partial charge in [0.1, 0.15) is 4.90 Å². The van der Waals surface area contributed by atoms with Crippen molar-refractivity contribution in [2.24, 2.45) is 0 Å². The highest BCUT2D eigenvalue weighted by molar-refractivity contribution is 7.89. The van der Waals surface area contributed by atoms with Gasteiger partial charge in [0.15, 0.2) is 0 Å². The van der Waals surface area contributed by atoms with E-state index in [0.717, 1.165) is 60.9 Å². The average Bonchev–Trinajstić information content (AvgIpc) is 2.89. The molecule has 0 saturated carbocycles. The number of rotatable bonds is 9. The van der Waals surface area contributed by atoms with Crippen LogP contribution in [0.2, 0.25) is 0 Å². The van der Waals surface area contributed by atoms with Crippen molar-refractivity contribution in [2.75, 3.05) is 32.0 Å². The van der Waals surface area contributed by atoms with Crippen LogP contribution in [0.4, 0.5) is 18.9 Å². The Kier molecular flexibility index (Phi) is 8.51. The molecule has 1 fully saturated rings. The maximum absolute atomic E-state index is 13.5. The Labute approximate surface area is 216 Å². The third-order valence-corrected chi connectivity index (χ3v) is 8.50. The lowest BCUT2D eigenvalue weighted by atomic mass is 10.0. The lowest BCUT2D eigenvalue weighted by molar-refractivity contribution is -0.137. The van der Waals surface area contributed by atoms with E-state index in [0.29, 0.717) is 0 Å². The number of pyridine rings is 1. The van der Waals surface area contributed by atoms with E-state index >= 15 is 0 Å². The molecule has 0 radical (unpaired) electrons. The Morgan fingerprint density at radius 2 is 1.68 bits per heavy atom. The average molecular weight is 533 g/mol. The first-order valence-electron chi connectivity index (χ1n) is 12.2. The fourth-order valence-electron chi connectivity index (χ4n) is 4.48. The minimum Gasteiger partial charge on any atom is -0.381 e. The summed E-state index contributed by atoms with van der Waals surface area (Å²) in [6.07, 6.45) is 1.33. The topological polar surface area (TPSA) is 65.5 Å². The molecular weight excluding hydrogens is 501 g/mol. The van der Waals surface area contributed by atoms with Crippen molar-refractivity contribution in [3.63, 3.8) is 0 Å². The van der Waals surface area contributed by atoms with Gasteiger partial charge in [-0.3, -0.25) is 4.98 Å². The lowest BCUT2D eigenvalue weighted by Gasteiger charge is -2.33. The molecule has 0 aliphatic carbocycles. The summed E-state index contributed by atoms with van der Waals surface area (Å²) in [5.41, 5.74) is 1.17. The first-order chi connectivity index (χ1) is 17.6. The number of alkyl halides is 3. The number of likely N-dealkylation sites (tertiary alicyclic amines) is 1. The number of halogens is 3. The van der Waals surface area contributed by atoms with Crippen LogP contribution in [-0.4, -0.2) is 55.3 Å². The largest absolute Gasteiger partial charge is 0.416 e. The summed E-state index contributed by atoms with van der Waals surface area (Å²) in [6.45, 7) is 2.59. The van der Waals surface area contributed by atoms with E-state index in [1.54, 1.807) is 36.7 Å². The van der Waals surface area contributed by atoms with E-state index in [2.05, 4.69) is 15.2 Å². The molecule has 1 aliphatic rings. The molecule has 1 N–H and O–H groups in total. The van der Waals surface area contributed by atoms with Crippen molar-refractivity contribution >= 4 is 15.7 Å². The first kappa shape index (κ1) is 27.1. The minimum atomic E-state index is -4.65. The fraction of sp³-hybridized carbons (Fsp3) is 0.370. The van der Waals surface area contributed by atoms with Gasteiger partial charge in [-0.25, -0.2) is 8.42 Å². The van der Waals surface area contributed by atoms with Crippen molar-refractivity contribution in [2.45, 2.75) is 42.9 Å². The highest BCUT2D eigenvalue weighted by atomic mass is 32.2. The zero-order chi connectivity index (χ0) is 26.5. The molecule has 2 aromatic carbocycles. The summed E-state index contributed by atoms with van der Waals surface area (Å²) < 4.78 is 68.5. The summed E-state index contributed by atoms with van der Waals surface area (Å²) >= 11 is 0. The van der Waals surface area contributed by atoms with Crippen LogP contribution in [0, 0.1) is 0 Å². The minimum absolute atomic E-state index is 0.0395. The van der Waals surface area contributed by atoms with E-state index in [1.807, 2.05) is 18.2 Å². The molecule has 0 bridgehead atoms. The van der Waals surface area contributed by atoms with Gasteiger partial charge in [0, 0.05) is 51.7 Å². The van der Waals surface area contributed by atoms with Crippen molar-refractivity contribution in [1.82, 2.24) is 14.2 Å². The van der Waals surface area contributed by atoms with Crippen LogP contribution >= 0.6 is 0 Å². The highest BCUT2D eigenvalue weighted by Crippen LogP contribution is 2.35.